The number of halogens is 6. The van der Waals surface area contributed by atoms with Crippen LogP contribution < -0.4 is 9.51 Å². The Morgan fingerprint density at radius 3 is 2.58 bits per heavy atom. The van der Waals surface area contributed by atoms with Crippen molar-refractivity contribution in [2.75, 3.05) is 0 Å². The Labute approximate surface area is 150 Å². The van der Waals surface area contributed by atoms with Gasteiger partial charge >= 0.3 is 12.1 Å². The molecule has 0 fully saturated rings. The van der Waals surface area contributed by atoms with Gasteiger partial charge in [0.2, 0.25) is 5.69 Å². The minimum Gasteiger partial charge on any atom is -0.839 e. The van der Waals surface area contributed by atoms with Gasteiger partial charge in [0, 0.05) is 12.3 Å². The van der Waals surface area contributed by atoms with E-state index in [-0.39, 0.29) is 16.7 Å². The second-order valence-electron chi connectivity index (χ2n) is 5.15. The van der Waals surface area contributed by atoms with Crippen LogP contribution in [0.3, 0.4) is 0 Å². The maximum absolute atomic E-state index is 13.5. The second-order valence-corrected chi connectivity index (χ2v) is 6.85. The van der Waals surface area contributed by atoms with Gasteiger partial charge in [0.15, 0.2) is 4.47 Å². The van der Waals surface area contributed by atoms with Crippen molar-refractivity contribution in [2.24, 2.45) is 0 Å². The van der Waals surface area contributed by atoms with E-state index in [0.717, 1.165) is 22.1 Å². The Hall–Kier alpha value is -2.27. The van der Waals surface area contributed by atoms with Gasteiger partial charge in [0.25, 0.3) is 11.4 Å². The summed E-state index contributed by atoms with van der Waals surface area (Å²) in [7, 11) is 0. The van der Waals surface area contributed by atoms with Crippen molar-refractivity contribution in [3.05, 3.63) is 45.6 Å². The molecule has 0 aliphatic carbocycles. The Kier molecular flexibility index (Phi) is 4.39. The Bertz CT molecular complexity index is 998. The summed E-state index contributed by atoms with van der Waals surface area (Å²) in [4.78, 5) is 16.1. The quantitative estimate of drug-likeness (QED) is 0.377. The van der Waals surface area contributed by atoms with Gasteiger partial charge in [-0.2, -0.15) is 26.4 Å². The maximum Gasteiger partial charge on any atom is 0.461 e. The van der Waals surface area contributed by atoms with Crippen LogP contribution in [0.1, 0.15) is 15.4 Å². The fourth-order valence-electron chi connectivity index (χ4n) is 2.33. The monoisotopic (exact) mass is 411 g/mol. The van der Waals surface area contributed by atoms with Gasteiger partial charge in [0.05, 0.1) is 11.1 Å². The van der Waals surface area contributed by atoms with E-state index in [0.29, 0.717) is 9.28 Å². The predicted molar refractivity (Wildman–Crippen MR) is 78.6 cm³/mol. The topological polar surface area (TPSA) is 62.0 Å². The summed E-state index contributed by atoms with van der Waals surface area (Å²) >= 11 is 6.69. The number of ketones is 1. The first-order valence-electron chi connectivity index (χ1n) is 6.83. The first-order chi connectivity index (χ1) is 12.0. The lowest BCUT2D eigenvalue weighted by Gasteiger charge is -2.17. The van der Waals surface area contributed by atoms with Crippen molar-refractivity contribution < 1.29 is 36.3 Å². The van der Waals surface area contributed by atoms with Crippen LogP contribution in [-0.4, -0.2) is 27.4 Å². The van der Waals surface area contributed by atoms with Crippen LogP contribution in [0.2, 0.25) is 4.47 Å². The molecule has 0 radical (unpaired) electrons. The number of thiazole rings is 1. The molecule has 3 aromatic heterocycles. The number of rotatable bonds is 4. The average Bonchev–Trinajstić information content (AvgIpc) is 3.08. The molecule has 5 nitrogen and oxygen atoms in total. The fraction of sp³-hybridized carbons (Fsp3) is 0.214. The van der Waals surface area contributed by atoms with Crippen LogP contribution in [0, 0.1) is 0 Å². The predicted octanol–water partition coefficient (Wildman–Crippen LogP) is 2.84. The number of hydrogen-bond acceptors (Lipinski definition) is 4. The molecule has 12 heteroatoms. The number of aromatic nitrogens is 3. The third kappa shape index (κ3) is 2.90. The number of pyridine rings is 1. The highest BCUT2D eigenvalue weighted by atomic mass is 35.5. The first kappa shape index (κ1) is 18.5. The van der Waals surface area contributed by atoms with E-state index in [1.165, 1.54) is 24.4 Å². The van der Waals surface area contributed by atoms with Crippen molar-refractivity contribution in [2.45, 2.75) is 18.6 Å². The Balaban J connectivity index is 2.18. The lowest BCUT2D eigenvalue weighted by atomic mass is 10.1. The average molecular weight is 412 g/mol. The molecular weight excluding hydrogens is 405 g/mol. The fourth-order valence-corrected chi connectivity index (χ4v) is 3.29. The molecule has 0 unspecified atom stereocenters. The van der Waals surface area contributed by atoms with E-state index in [9.17, 15) is 31.9 Å². The van der Waals surface area contributed by atoms with Gasteiger partial charge in [-0.1, -0.05) is 17.7 Å². The lowest BCUT2D eigenvalue weighted by molar-refractivity contribution is -0.517. The normalized spacial score (nSPS) is 12.7. The van der Waals surface area contributed by atoms with Crippen LogP contribution in [0.15, 0.2) is 30.6 Å². The van der Waals surface area contributed by atoms with Crippen molar-refractivity contribution in [3.63, 3.8) is 0 Å². The molecule has 0 atom stereocenters. The number of Topliss-reactive ketones (excluding diaryl/α,β-unsaturated/α-hetero) is 1. The molecule has 0 aromatic carbocycles. The summed E-state index contributed by atoms with van der Waals surface area (Å²) in [6, 6.07) is 4.05. The van der Waals surface area contributed by atoms with Crippen LogP contribution in [0.5, 0.6) is 5.88 Å². The smallest absolute Gasteiger partial charge is 0.461 e. The second kappa shape index (κ2) is 6.16. The number of hydrogen-bond donors (Lipinski definition) is 0. The molecular formula is C14H7ClF5N3O2S. The molecule has 0 amide bonds. The molecule has 0 saturated heterocycles. The highest BCUT2D eigenvalue weighted by Gasteiger charge is 2.65. The summed E-state index contributed by atoms with van der Waals surface area (Å²) in [6.45, 7) is -0.193. The number of imidazole rings is 1. The molecule has 3 aromatic rings. The van der Waals surface area contributed by atoms with Crippen molar-refractivity contribution in [1.82, 2.24) is 9.55 Å². The van der Waals surface area contributed by atoms with Gasteiger partial charge in [-0.25, -0.2) is 9.55 Å². The van der Waals surface area contributed by atoms with E-state index in [1.807, 2.05) is 0 Å². The van der Waals surface area contributed by atoms with Crippen LogP contribution in [0.25, 0.3) is 5.65 Å². The van der Waals surface area contributed by atoms with Crippen LogP contribution in [-0.2, 0) is 6.54 Å². The van der Waals surface area contributed by atoms with Crippen molar-refractivity contribution in [3.8, 4) is 5.88 Å². The maximum atomic E-state index is 13.5. The highest BCUT2D eigenvalue weighted by molar-refractivity contribution is 7.15. The molecule has 0 spiro atoms. The molecule has 0 aliphatic rings. The SMILES string of the molecule is O=C(c1c([O-])n(Cc2cnc(Cl)s2)c2cccc[n+]12)C(F)(F)C(F)(F)F. The first-order valence-corrected chi connectivity index (χ1v) is 8.03. The number of carbonyl (C=O) groups excluding carboxylic acids is 1. The van der Waals surface area contributed by atoms with E-state index in [2.05, 4.69) is 4.98 Å². The molecule has 26 heavy (non-hydrogen) atoms. The van der Waals surface area contributed by atoms with Gasteiger partial charge in [-0.15, -0.1) is 11.3 Å². The third-order valence-electron chi connectivity index (χ3n) is 3.50. The van der Waals surface area contributed by atoms with Crippen LogP contribution >= 0.6 is 22.9 Å². The zero-order valence-electron chi connectivity index (χ0n) is 12.4. The summed E-state index contributed by atoms with van der Waals surface area (Å²) in [6.07, 6.45) is -3.73. The molecule has 138 valence electrons. The largest absolute Gasteiger partial charge is 0.839 e. The standard InChI is InChI=1S/C14H7ClF5N3O2S/c15-12-21-5-7(26-12)6-23-8-3-1-2-4-22(8)9(11(23)25)10(24)13(16,17)14(18,19)20/h1-5H,6H2. The molecule has 3 heterocycles. The Morgan fingerprint density at radius 1 is 1.31 bits per heavy atom. The summed E-state index contributed by atoms with van der Waals surface area (Å²) < 4.78 is 66.4. The van der Waals surface area contributed by atoms with Gasteiger partial charge < -0.3 is 5.11 Å². The van der Waals surface area contributed by atoms with E-state index in [1.54, 1.807) is 0 Å². The number of nitrogens with zero attached hydrogens (tertiary/aromatic N) is 3. The molecule has 3 rings (SSSR count). The van der Waals surface area contributed by atoms with E-state index < -0.39 is 29.5 Å². The lowest BCUT2D eigenvalue weighted by Crippen LogP contribution is -2.47. The van der Waals surface area contributed by atoms with Gasteiger partial charge in [-0.3, -0.25) is 4.79 Å². The molecule has 0 saturated carbocycles. The number of carbonyl (C=O) groups is 1. The van der Waals surface area contributed by atoms with Crippen LogP contribution in [0.4, 0.5) is 22.0 Å². The van der Waals surface area contributed by atoms with Crippen molar-refractivity contribution in [1.29, 1.82) is 0 Å². The summed E-state index contributed by atoms with van der Waals surface area (Å²) in [5.74, 6) is -9.58. The minimum absolute atomic E-state index is 0.0247. The highest BCUT2D eigenvalue weighted by Crippen LogP contribution is 2.39. The van der Waals surface area contributed by atoms with Gasteiger partial charge in [-0.05, 0) is 6.07 Å². The summed E-state index contributed by atoms with van der Waals surface area (Å²) in [5.41, 5.74) is -1.30. The molecule has 0 bridgehead atoms. The number of alkyl halides is 5. The van der Waals surface area contributed by atoms with Crippen molar-refractivity contribution >= 4 is 34.4 Å². The third-order valence-corrected chi connectivity index (χ3v) is 4.60. The van der Waals surface area contributed by atoms with E-state index in [4.69, 9.17) is 11.6 Å². The zero-order chi connectivity index (χ0) is 19.3. The van der Waals surface area contributed by atoms with Gasteiger partial charge in [0.1, 0.15) is 12.4 Å². The minimum atomic E-state index is -6.12. The molecule has 0 aliphatic heterocycles. The number of fused-ring (bicyclic) bond motifs is 1. The molecule has 0 N–H and O–H groups in total. The van der Waals surface area contributed by atoms with E-state index >= 15 is 0 Å². The Morgan fingerprint density at radius 2 is 2.00 bits per heavy atom. The zero-order valence-corrected chi connectivity index (χ0v) is 14.0. The summed E-state index contributed by atoms with van der Waals surface area (Å²) in [5, 5.41) is 12.5.